The summed E-state index contributed by atoms with van der Waals surface area (Å²) in [4.78, 5) is 31.3. The number of carbonyl (C=O) groups excluding carboxylic acids is 1. The van der Waals surface area contributed by atoms with Crippen molar-refractivity contribution in [3.05, 3.63) is 52.5 Å². The number of nitrogens with zero attached hydrogens (tertiary/aromatic N) is 6. The van der Waals surface area contributed by atoms with Crippen LogP contribution in [0.25, 0.3) is 11.4 Å². The first-order valence-electron chi connectivity index (χ1n) is 10.7. The molecular weight excluding hydrogens is 396 g/mol. The number of carbonyl (C=O) groups is 1. The molecule has 1 aliphatic heterocycles. The molecule has 0 bridgehead atoms. The lowest BCUT2D eigenvalue weighted by atomic mass is 9.95. The Labute approximate surface area is 180 Å². The minimum atomic E-state index is -0.0852. The largest absolute Gasteiger partial charge is 0.345 e. The van der Waals surface area contributed by atoms with E-state index in [0.29, 0.717) is 37.6 Å². The summed E-state index contributed by atoms with van der Waals surface area (Å²) in [6.45, 7) is 5.30. The van der Waals surface area contributed by atoms with Gasteiger partial charge in [0.25, 0.3) is 0 Å². The van der Waals surface area contributed by atoms with E-state index < -0.39 is 0 Å². The van der Waals surface area contributed by atoms with Gasteiger partial charge in [-0.1, -0.05) is 35.5 Å². The summed E-state index contributed by atoms with van der Waals surface area (Å²) < 4.78 is 8.48. The van der Waals surface area contributed by atoms with Gasteiger partial charge in [0.2, 0.25) is 17.6 Å². The lowest BCUT2D eigenvalue weighted by molar-refractivity contribution is -0.132. The molecule has 0 unspecified atom stereocenters. The van der Waals surface area contributed by atoms with Gasteiger partial charge in [-0.05, 0) is 26.7 Å². The highest BCUT2D eigenvalue weighted by molar-refractivity contribution is 5.76. The quantitative estimate of drug-likeness (QED) is 0.603. The molecule has 0 spiro atoms. The van der Waals surface area contributed by atoms with Crippen molar-refractivity contribution in [2.24, 2.45) is 7.05 Å². The second-order valence-electron chi connectivity index (χ2n) is 8.26. The van der Waals surface area contributed by atoms with E-state index >= 15 is 0 Å². The molecule has 9 heteroatoms. The first kappa shape index (κ1) is 21.0. The molecular formula is C22H28N6O3. The zero-order valence-electron chi connectivity index (χ0n) is 18.2. The monoisotopic (exact) mass is 424 g/mol. The number of hydrogen-bond donors (Lipinski definition) is 0. The first-order chi connectivity index (χ1) is 14.9. The van der Waals surface area contributed by atoms with Gasteiger partial charge >= 0.3 is 5.69 Å². The van der Waals surface area contributed by atoms with E-state index in [1.807, 2.05) is 49.1 Å². The Morgan fingerprint density at radius 2 is 1.90 bits per heavy atom. The van der Waals surface area contributed by atoms with Crippen LogP contribution in [0.4, 0.5) is 0 Å². The summed E-state index contributed by atoms with van der Waals surface area (Å²) in [6.07, 6.45) is 2.36. The highest BCUT2D eigenvalue weighted by Crippen LogP contribution is 2.28. The standard InChI is InChI=1S/C22H28N6O3/c1-15(2)28-21(24-26(3)22(28)30)17-11-13-27(14-12-17)19(29)10-9-18-23-20(25-31-18)16-7-5-4-6-8-16/h4-8,15,17H,9-14H2,1-3H3. The molecule has 1 aromatic carbocycles. The zero-order chi connectivity index (χ0) is 22.0. The van der Waals surface area contributed by atoms with Crippen LogP contribution in [0, 0.1) is 0 Å². The van der Waals surface area contributed by atoms with Gasteiger partial charge in [-0.3, -0.25) is 9.36 Å². The Bertz CT molecular complexity index is 1090. The fourth-order valence-electron chi connectivity index (χ4n) is 4.08. The van der Waals surface area contributed by atoms with Crippen LogP contribution in [0.3, 0.4) is 0 Å². The van der Waals surface area contributed by atoms with E-state index in [2.05, 4.69) is 15.2 Å². The summed E-state index contributed by atoms with van der Waals surface area (Å²) in [7, 11) is 1.68. The zero-order valence-corrected chi connectivity index (χ0v) is 18.2. The molecule has 31 heavy (non-hydrogen) atoms. The maximum absolute atomic E-state index is 12.7. The smallest absolute Gasteiger partial charge is 0.343 e. The fraction of sp³-hybridized carbons (Fsp3) is 0.500. The molecule has 0 atom stereocenters. The van der Waals surface area contributed by atoms with Crippen molar-refractivity contribution in [3.8, 4) is 11.4 Å². The van der Waals surface area contributed by atoms with E-state index in [1.54, 1.807) is 11.6 Å². The minimum absolute atomic E-state index is 0.0612. The third kappa shape index (κ3) is 4.45. The molecule has 164 valence electrons. The average Bonchev–Trinajstić information content (AvgIpc) is 3.37. The molecule has 1 saturated heterocycles. The number of hydrogen-bond acceptors (Lipinski definition) is 6. The van der Waals surface area contributed by atoms with Crippen LogP contribution in [0.5, 0.6) is 0 Å². The van der Waals surface area contributed by atoms with E-state index in [-0.39, 0.29) is 23.6 Å². The second-order valence-corrected chi connectivity index (χ2v) is 8.26. The maximum Gasteiger partial charge on any atom is 0.345 e. The molecule has 0 N–H and O–H groups in total. The Kier molecular flexibility index (Phi) is 6.01. The number of benzene rings is 1. The van der Waals surface area contributed by atoms with Crippen molar-refractivity contribution < 1.29 is 9.32 Å². The van der Waals surface area contributed by atoms with Crippen LogP contribution in [0.2, 0.25) is 0 Å². The Morgan fingerprint density at radius 3 is 2.58 bits per heavy atom. The first-order valence-corrected chi connectivity index (χ1v) is 10.7. The summed E-state index contributed by atoms with van der Waals surface area (Å²) in [6, 6.07) is 9.68. The van der Waals surface area contributed by atoms with Crippen LogP contribution in [0.1, 0.15) is 56.8 Å². The van der Waals surface area contributed by atoms with Gasteiger partial charge < -0.3 is 9.42 Å². The van der Waals surface area contributed by atoms with E-state index in [0.717, 1.165) is 24.2 Å². The molecule has 1 amide bonds. The molecule has 2 aromatic heterocycles. The fourth-order valence-corrected chi connectivity index (χ4v) is 4.08. The van der Waals surface area contributed by atoms with Gasteiger partial charge in [-0.25, -0.2) is 9.48 Å². The molecule has 3 heterocycles. The Morgan fingerprint density at radius 1 is 1.19 bits per heavy atom. The number of likely N-dealkylation sites (tertiary alicyclic amines) is 1. The molecule has 3 aromatic rings. The molecule has 1 aliphatic rings. The van der Waals surface area contributed by atoms with Gasteiger partial charge in [0, 0.05) is 50.5 Å². The molecule has 4 rings (SSSR count). The Balaban J connectivity index is 1.32. The number of rotatable bonds is 6. The van der Waals surface area contributed by atoms with Gasteiger partial charge in [0.1, 0.15) is 5.82 Å². The van der Waals surface area contributed by atoms with Crippen molar-refractivity contribution in [2.75, 3.05) is 13.1 Å². The number of aromatic nitrogens is 5. The molecule has 0 radical (unpaired) electrons. The van der Waals surface area contributed by atoms with Crippen molar-refractivity contribution in [1.29, 1.82) is 0 Å². The number of aryl methyl sites for hydroxylation is 2. The van der Waals surface area contributed by atoms with Crippen LogP contribution < -0.4 is 5.69 Å². The summed E-state index contributed by atoms with van der Waals surface area (Å²) in [5.74, 6) is 2.10. The van der Waals surface area contributed by atoms with E-state index in [9.17, 15) is 9.59 Å². The van der Waals surface area contributed by atoms with E-state index in [4.69, 9.17) is 4.52 Å². The van der Waals surface area contributed by atoms with Crippen LogP contribution in [-0.2, 0) is 18.3 Å². The van der Waals surface area contributed by atoms with Crippen molar-refractivity contribution in [3.63, 3.8) is 0 Å². The predicted molar refractivity (Wildman–Crippen MR) is 114 cm³/mol. The van der Waals surface area contributed by atoms with Crippen LogP contribution >= 0.6 is 0 Å². The molecule has 9 nitrogen and oxygen atoms in total. The second kappa shape index (κ2) is 8.87. The normalized spacial score (nSPS) is 15.0. The minimum Gasteiger partial charge on any atom is -0.343 e. The molecule has 1 fully saturated rings. The number of piperidine rings is 1. The van der Waals surface area contributed by atoms with Crippen molar-refractivity contribution >= 4 is 5.91 Å². The van der Waals surface area contributed by atoms with Gasteiger partial charge in [0.05, 0.1) is 0 Å². The lowest BCUT2D eigenvalue weighted by Crippen LogP contribution is -2.38. The van der Waals surface area contributed by atoms with Crippen LogP contribution in [0.15, 0.2) is 39.6 Å². The summed E-state index contributed by atoms with van der Waals surface area (Å²) in [5, 5.41) is 8.47. The Hall–Kier alpha value is -3.23. The number of amides is 1. The maximum atomic E-state index is 12.7. The third-order valence-electron chi connectivity index (χ3n) is 5.76. The topological polar surface area (TPSA) is 99.0 Å². The van der Waals surface area contributed by atoms with Crippen molar-refractivity contribution in [1.82, 2.24) is 29.4 Å². The molecule has 0 aliphatic carbocycles. The summed E-state index contributed by atoms with van der Waals surface area (Å²) in [5.41, 5.74) is 0.804. The lowest BCUT2D eigenvalue weighted by Gasteiger charge is -2.32. The third-order valence-corrected chi connectivity index (χ3v) is 5.76. The van der Waals surface area contributed by atoms with Gasteiger partial charge in [-0.15, -0.1) is 0 Å². The van der Waals surface area contributed by atoms with Gasteiger partial charge in [0.15, 0.2) is 0 Å². The highest BCUT2D eigenvalue weighted by atomic mass is 16.5. The average molecular weight is 425 g/mol. The predicted octanol–water partition coefficient (Wildman–Crippen LogP) is 2.55. The van der Waals surface area contributed by atoms with Crippen molar-refractivity contribution in [2.45, 2.75) is 51.5 Å². The van der Waals surface area contributed by atoms with Gasteiger partial charge in [-0.2, -0.15) is 10.1 Å². The highest BCUT2D eigenvalue weighted by Gasteiger charge is 2.29. The van der Waals surface area contributed by atoms with E-state index in [1.165, 1.54) is 4.68 Å². The molecule has 0 saturated carbocycles. The van der Waals surface area contributed by atoms with Crippen LogP contribution in [-0.4, -0.2) is 48.4 Å². The SMILES string of the molecule is CC(C)n1c(C2CCN(C(=O)CCc3nc(-c4ccccc4)no3)CC2)nn(C)c1=O. The summed E-state index contributed by atoms with van der Waals surface area (Å²) >= 11 is 0.